The molecule has 2 rings (SSSR count). The third-order valence-corrected chi connectivity index (χ3v) is 3.82. The Bertz CT molecular complexity index is 409. The van der Waals surface area contributed by atoms with Crippen LogP contribution >= 0.6 is 11.6 Å². The summed E-state index contributed by atoms with van der Waals surface area (Å²) in [6.45, 7) is 2.96. The van der Waals surface area contributed by atoms with E-state index in [0.717, 1.165) is 25.2 Å². The average molecular weight is 269 g/mol. The Hall–Kier alpha value is -0.770. The van der Waals surface area contributed by atoms with Gasteiger partial charge in [0.15, 0.2) is 0 Å². The van der Waals surface area contributed by atoms with E-state index in [1.807, 2.05) is 12.1 Å². The van der Waals surface area contributed by atoms with Crippen molar-refractivity contribution in [3.05, 3.63) is 28.8 Å². The van der Waals surface area contributed by atoms with Crippen LogP contribution in [-0.4, -0.2) is 48.1 Å². The van der Waals surface area contributed by atoms with E-state index in [2.05, 4.69) is 23.9 Å². The zero-order valence-corrected chi connectivity index (χ0v) is 11.8. The van der Waals surface area contributed by atoms with Gasteiger partial charge in [0.25, 0.3) is 0 Å². The molecule has 0 bridgehead atoms. The monoisotopic (exact) mass is 268 g/mol. The summed E-state index contributed by atoms with van der Waals surface area (Å²) >= 11 is 5.94. The van der Waals surface area contributed by atoms with E-state index in [4.69, 9.17) is 11.6 Å². The van der Waals surface area contributed by atoms with Crippen molar-refractivity contribution in [2.75, 3.05) is 27.2 Å². The number of para-hydroxylation sites is 1. The van der Waals surface area contributed by atoms with Crippen molar-refractivity contribution in [2.24, 2.45) is 0 Å². The molecule has 1 fully saturated rings. The normalized spacial score (nSPS) is 20.8. The molecule has 0 aromatic heterocycles. The number of rotatable bonds is 4. The van der Waals surface area contributed by atoms with Gasteiger partial charge in [-0.05, 0) is 39.5 Å². The van der Waals surface area contributed by atoms with Crippen molar-refractivity contribution in [3.8, 4) is 5.75 Å². The van der Waals surface area contributed by atoms with Gasteiger partial charge >= 0.3 is 0 Å². The molecule has 4 heteroatoms. The molecule has 3 nitrogen and oxygen atoms in total. The van der Waals surface area contributed by atoms with Crippen molar-refractivity contribution in [3.63, 3.8) is 0 Å². The van der Waals surface area contributed by atoms with Crippen LogP contribution in [0, 0.1) is 0 Å². The lowest BCUT2D eigenvalue weighted by Crippen LogP contribution is -2.37. The van der Waals surface area contributed by atoms with Crippen LogP contribution in [0.3, 0.4) is 0 Å². The summed E-state index contributed by atoms with van der Waals surface area (Å²) in [4.78, 5) is 4.66. The molecule has 18 heavy (non-hydrogen) atoms. The minimum absolute atomic E-state index is 0.231. The van der Waals surface area contributed by atoms with Crippen LogP contribution in [0.1, 0.15) is 18.4 Å². The SMILES string of the molecule is CN(C)CC1CCCN1Cc1cccc(Cl)c1O. The summed E-state index contributed by atoms with van der Waals surface area (Å²) in [6, 6.07) is 6.15. The Morgan fingerprint density at radius 2 is 2.22 bits per heavy atom. The predicted octanol–water partition coefficient (Wildman–Crippen LogP) is 2.57. The largest absolute Gasteiger partial charge is 0.506 e. The van der Waals surface area contributed by atoms with Gasteiger partial charge in [-0.3, -0.25) is 4.90 Å². The van der Waals surface area contributed by atoms with E-state index in [-0.39, 0.29) is 5.75 Å². The predicted molar refractivity (Wildman–Crippen MR) is 75.1 cm³/mol. The number of likely N-dealkylation sites (N-methyl/N-ethyl adjacent to an activating group) is 1. The Morgan fingerprint density at radius 3 is 2.94 bits per heavy atom. The van der Waals surface area contributed by atoms with Crippen molar-refractivity contribution < 1.29 is 5.11 Å². The number of likely N-dealkylation sites (tertiary alicyclic amines) is 1. The molecular formula is C14H21ClN2O. The molecular weight excluding hydrogens is 248 g/mol. The molecule has 1 heterocycles. The second-order valence-corrected chi connectivity index (χ2v) is 5.68. The molecule has 1 aliphatic rings. The Morgan fingerprint density at radius 1 is 1.44 bits per heavy atom. The first-order valence-electron chi connectivity index (χ1n) is 6.43. The van der Waals surface area contributed by atoms with Crippen molar-refractivity contribution in [2.45, 2.75) is 25.4 Å². The zero-order valence-electron chi connectivity index (χ0n) is 11.1. The number of hydrogen-bond acceptors (Lipinski definition) is 3. The topological polar surface area (TPSA) is 26.7 Å². The van der Waals surface area contributed by atoms with E-state index in [1.54, 1.807) is 6.07 Å². The second kappa shape index (κ2) is 5.91. The maximum absolute atomic E-state index is 9.96. The summed E-state index contributed by atoms with van der Waals surface area (Å²) in [5, 5.41) is 10.4. The van der Waals surface area contributed by atoms with E-state index in [9.17, 15) is 5.11 Å². The van der Waals surface area contributed by atoms with Crippen molar-refractivity contribution in [1.82, 2.24) is 9.80 Å². The number of phenolic OH excluding ortho intramolecular Hbond substituents is 1. The second-order valence-electron chi connectivity index (χ2n) is 5.28. The summed E-state index contributed by atoms with van der Waals surface area (Å²) in [6.07, 6.45) is 2.47. The first-order valence-corrected chi connectivity index (χ1v) is 6.81. The van der Waals surface area contributed by atoms with Crippen LogP contribution in [0.15, 0.2) is 18.2 Å². The fraction of sp³-hybridized carbons (Fsp3) is 0.571. The third kappa shape index (κ3) is 3.16. The maximum atomic E-state index is 9.96. The lowest BCUT2D eigenvalue weighted by molar-refractivity contribution is 0.199. The lowest BCUT2D eigenvalue weighted by atomic mass is 10.1. The van der Waals surface area contributed by atoms with E-state index < -0.39 is 0 Å². The molecule has 0 amide bonds. The molecule has 0 saturated carbocycles. The molecule has 1 N–H and O–H groups in total. The van der Waals surface area contributed by atoms with Crippen LogP contribution in [0.4, 0.5) is 0 Å². The van der Waals surface area contributed by atoms with Crippen molar-refractivity contribution >= 4 is 11.6 Å². The van der Waals surface area contributed by atoms with Crippen LogP contribution in [0.5, 0.6) is 5.75 Å². The van der Waals surface area contributed by atoms with Gasteiger partial charge < -0.3 is 10.0 Å². The number of aromatic hydroxyl groups is 1. The van der Waals surface area contributed by atoms with Crippen LogP contribution < -0.4 is 0 Å². The molecule has 1 aromatic rings. The summed E-state index contributed by atoms with van der Waals surface area (Å²) in [7, 11) is 4.21. The van der Waals surface area contributed by atoms with Crippen LogP contribution in [-0.2, 0) is 6.54 Å². The Kier molecular flexibility index (Phi) is 4.49. The van der Waals surface area contributed by atoms with E-state index in [0.29, 0.717) is 11.1 Å². The standard InChI is InChI=1S/C14H21ClN2O/c1-16(2)10-12-6-4-8-17(12)9-11-5-3-7-13(15)14(11)18/h3,5,7,12,18H,4,6,8-10H2,1-2H3. The fourth-order valence-electron chi connectivity index (χ4n) is 2.64. The minimum Gasteiger partial charge on any atom is -0.506 e. The molecule has 1 aliphatic heterocycles. The van der Waals surface area contributed by atoms with Gasteiger partial charge in [0.1, 0.15) is 5.75 Å². The smallest absolute Gasteiger partial charge is 0.138 e. The van der Waals surface area contributed by atoms with Crippen LogP contribution in [0.25, 0.3) is 0 Å². The van der Waals surface area contributed by atoms with Crippen molar-refractivity contribution in [1.29, 1.82) is 0 Å². The van der Waals surface area contributed by atoms with E-state index >= 15 is 0 Å². The molecule has 0 aliphatic carbocycles. The Labute approximate surface area is 114 Å². The third-order valence-electron chi connectivity index (χ3n) is 3.52. The number of phenols is 1. The van der Waals surface area contributed by atoms with Gasteiger partial charge in [0, 0.05) is 24.7 Å². The molecule has 1 saturated heterocycles. The number of hydrogen-bond donors (Lipinski definition) is 1. The highest BCUT2D eigenvalue weighted by atomic mass is 35.5. The molecule has 1 atom stereocenters. The first-order chi connectivity index (χ1) is 8.58. The maximum Gasteiger partial charge on any atom is 0.138 e. The molecule has 1 aromatic carbocycles. The minimum atomic E-state index is 0.231. The van der Waals surface area contributed by atoms with Gasteiger partial charge in [-0.2, -0.15) is 0 Å². The molecule has 0 spiro atoms. The highest BCUT2D eigenvalue weighted by Gasteiger charge is 2.25. The highest BCUT2D eigenvalue weighted by Crippen LogP contribution is 2.30. The molecule has 100 valence electrons. The van der Waals surface area contributed by atoms with Gasteiger partial charge in [-0.15, -0.1) is 0 Å². The average Bonchev–Trinajstić information content (AvgIpc) is 2.72. The highest BCUT2D eigenvalue weighted by molar-refractivity contribution is 6.32. The number of halogens is 1. The van der Waals surface area contributed by atoms with Gasteiger partial charge in [0.05, 0.1) is 5.02 Å². The molecule has 1 unspecified atom stereocenters. The van der Waals surface area contributed by atoms with E-state index in [1.165, 1.54) is 12.8 Å². The summed E-state index contributed by atoms with van der Waals surface area (Å²) in [5.41, 5.74) is 0.924. The van der Waals surface area contributed by atoms with Gasteiger partial charge in [0.2, 0.25) is 0 Å². The quantitative estimate of drug-likeness (QED) is 0.909. The summed E-state index contributed by atoms with van der Waals surface area (Å²) in [5.74, 6) is 0.231. The summed E-state index contributed by atoms with van der Waals surface area (Å²) < 4.78 is 0. The van der Waals surface area contributed by atoms with Crippen LogP contribution in [0.2, 0.25) is 5.02 Å². The Balaban J connectivity index is 2.06. The lowest BCUT2D eigenvalue weighted by Gasteiger charge is -2.27. The number of nitrogens with zero attached hydrogens (tertiary/aromatic N) is 2. The van der Waals surface area contributed by atoms with Gasteiger partial charge in [-0.1, -0.05) is 23.7 Å². The number of benzene rings is 1. The fourth-order valence-corrected chi connectivity index (χ4v) is 2.83. The zero-order chi connectivity index (χ0) is 13.1. The van der Waals surface area contributed by atoms with Gasteiger partial charge in [-0.25, -0.2) is 0 Å². The molecule has 0 radical (unpaired) electrons. The first kappa shape index (κ1) is 13.7.